The molecule has 1 unspecified atom stereocenters. The van der Waals surface area contributed by atoms with E-state index in [0.717, 1.165) is 36.2 Å². The van der Waals surface area contributed by atoms with Gasteiger partial charge in [-0.3, -0.25) is 9.59 Å². The number of hydrogen-bond donors (Lipinski definition) is 2. The summed E-state index contributed by atoms with van der Waals surface area (Å²) in [7, 11) is 0. The fraction of sp³-hybridized carbons (Fsp3) is 0.412. The highest BCUT2D eigenvalue weighted by atomic mass is 16.2. The van der Waals surface area contributed by atoms with Crippen molar-refractivity contribution in [2.45, 2.75) is 39.5 Å². The first kappa shape index (κ1) is 15.3. The third kappa shape index (κ3) is 3.94. The van der Waals surface area contributed by atoms with Gasteiger partial charge >= 0.3 is 0 Å². The Balaban J connectivity index is 2.09. The van der Waals surface area contributed by atoms with Crippen molar-refractivity contribution < 1.29 is 9.59 Å². The van der Waals surface area contributed by atoms with Crippen LogP contribution in [-0.2, 0) is 9.59 Å². The molecule has 0 heterocycles. The summed E-state index contributed by atoms with van der Waals surface area (Å²) in [6.45, 7) is 3.72. The highest BCUT2D eigenvalue weighted by molar-refractivity contribution is 5.96. The second-order valence-electron chi connectivity index (χ2n) is 5.35. The number of carbonyl (C=O) groups is 2. The molecular formula is C17H22N2O2. The minimum absolute atomic E-state index is 0.0287. The van der Waals surface area contributed by atoms with Gasteiger partial charge in [-0.25, -0.2) is 0 Å². The van der Waals surface area contributed by atoms with Gasteiger partial charge in [0.15, 0.2) is 0 Å². The first-order valence-electron chi connectivity index (χ1n) is 7.47. The van der Waals surface area contributed by atoms with Crippen molar-refractivity contribution in [3.8, 4) is 0 Å². The zero-order chi connectivity index (χ0) is 15.2. The van der Waals surface area contributed by atoms with Crippen LogP contribution in [0.3, 0.4) is 0 Å². The van der Waals surface area contributed by atoms with Crippen LogP contribution in [0.15, 0.2) is 30.4 Å². The summed E-state index contributed by atoms with van der Waals surface area (Å²) < 4.78 is 0. The molecule has 0 aliphatic heterocycles. The summed E-state index contributed by atoms with van der Waals surface area (Å²) in [5, 5.41) is 5.84. The average molecular weight is 286 g/mol. The summed E-state index contributed by atoms with van der Waals surface area (Å²) in [6.07, 6.45) is 7.29. The summed E-state index contributed by atoms with van der Waals surface area (Å²) in [4.78, 5) is 23.8. The molecule has 0 radical (unpaired) electrons. The largest absolute Gasteiger partial charge is 0.326 e. The van der Waals surface area contributed by atoms with E-state index in [1.807, 2.05) is 32.0 Å². The van der Waals surface area contributed by atoms with Crippen LogP contribution in [0.1, 0.15) is 38.2 Å². The minimum atomic E-state index is -0.0287. The van der Waals surface area contributed by atoms with Crippen molar-refractivity contribution in [2.24, 2.45) is 5.92 Å². The monoisotopic (exact) mass is 286 g/mol. The maximum absolute atomic E-state index is 12.3. The lowest BCUT2D eigenvalue weighted by Crippen LogP contribution is -2.24. The lowest BCUT2D eigenvalue weighted by Gasteiger charge is -2.19. The van der Waals surface area contributed by atoms with E-state index in [4.69, 9.17) is 0 Å². The molecule has 21 heavy (non-hydrogen) atoms. The maximum Gasteiger partial charge on any atom is 0.227 e. The first-order chi connectivity index (χ1) is 10.1. The summed E-state index contributed by atoms with van der Waals surface area (Å²) >= 11 is 0. The third-order valence-electron chi connectivity index (χ3n) is 3.83. The van der Waals surface area contributed by atoms with Crippen molar-refractivity contribution in [2.75, 3.05) is 10.6 Å². The van der Waals surface area contributed by atoms with E-state index in [0.29, 0.717) is 6.42 Å². The molecule has 0 spiro atoms. The molecule has 112 valence electrons. The van der Waals surface area contributed by atoms with E-state index in [2.05, 4.69) is 22.8 Å². The van der Waals surface area contributed by atoms with Crippen LogP contribution in [0, 0.1) is 12.8 Å². The van der Waals surface area contributed by atoms with Crippen molar-refractivity contribution in [1.29, 1.82) is 0 Å². The Morgan fingerprint density at radius 1 is 1.19 bits per heavy atom. The van der Waals surface area contributed by atoms with Gasteiger partial charge in [0.25, 0.3) is 0 Å². The van der Waals surface area contributed by atoms with Crippen molar-refractivity contribution >= 4 is 23.2 Å². The molecule has 1 aliphatic carbocycles. The van der Waals surface area contributed by atoms with Crippen LogP contribution in [-0.4, -0.2) is 11.8 Å². The van der Waals surface area contributed by atoms with E-state index in [9.17, 15) is 9.59 Å². The topological polar surface area (TPSA) is 58.2 Å². The van der Waals surface area contributed by atoms with E-state index < -0.39 is 0 Å². The zero-order valence-electron chi connectivity index (χ0n) is 12.6. The molecule has 1 aromatic carbocycles. The molecule has 0 saturated heterocycles. The predicted octanol–water partition coefficient (Wildman–Crippen LogP) is 3.64. The van der Waals surface area contributed by atoms with Crippen molar-refractivity contribution in [3.63, 3.8) is 0 Å². The number of nitrogens with one attached hydrogen (secondary N) is 2. The van der Waals surface area contributed by atoms with Crippen molar-refractivity contribution in [3.05, 3.63) is 35.9 Å². The summed E-state index contributed by atoms with van der Waals surface area (Å²) in [5.74, 6) is 0.0729. The minimum Gasteiger partial charge on any atom is -0.326 e. The Morgan fingerprint density at radius 3 is 2.52 bits per heavy atom. The van der Waals surface area contributed by atoms with Gasteiger partial charge in [-0.2, -0.15) is 0 Å². The number of carbonyl (C=O) groups excluding carboxylic acids is 2. The van der Waals surface area contributed by atoms with Gasteiger partial charge in [0.1, 0.15) is 0 Å². The quantitative estimate of drug-likeness (QED) is 0.830. The molecule has 0 fully saturated rings. The molecule has 2 N–H and O–H groups in total. The molecule has 0 saturated carbocycles. The highest BCUT2D eigenvalue weighted by Gasteiger charge is 2.19. The predicted molar refractivity (Wildman–Crippen MR) is 85.2 cm³/mol. The molecule has 4 heteroatoms. The molecular weight excluding hydrogens is 264 g/mol. The Hall–Kier alpha value is -2.10. The number of anilines is 2. The lowest BCUT2D eigenvalue weighted by atomic mass is 9.93. The van der Waals surface area contributed by atoms with Crippen LogP contribution >= 0.6 is 0 Å². The van der Waals surface area contributed by atoms with E-state index in [-0.39, 0.29) is 17.7 Å². The third-order valence-corrected chi connectivity index (χ3v) is 3.83. The fourth-order valence-corrected chi connectivity index (χ4v) is 2.41. The second-order valence-corrected chi connectivity index (χ2v) is 5.35. The number of hydrogen-bond acceptors (Lipinski definition) is 2. The molecule has 1 atom stereocenters. The summed E-state index contributed by atoms with van der Waals surface area (Å²) in [6, 6.07) is 5.56. The van der Waals surface area contributed by atoms with Crippen LogP contribution < -0.4 is 10.6 Å². The standard InChI is InChI=1S/C17H22N2O2/c1-3-16(20)18-14-10-7-11-15(12(14)2)19-17(21)13-8-5-4-6-9-13/h4-5,7,10-11,13H,3,6,8-9H2,1-2H3,(H,18,20)(H,19,21). The number of amides is 2. The van der Waals surface area contributed by atoms with E-state index >= 15 is 0 Å². The number of allylic oxidation sites excluding steroid dienone is 2. The van der Waals surface area contributed by atoms with Gasteiger partial charge in [-0.1, -0.05) is 25.1 Å². The van der Waals surface area contributed by atoms with Gasteiger partial charge < -0.3 is 10.6 Å². The zero-order valence-corrected chi connectivity index (χ0v) is 12.6. The van der Waals surface area contributed by atoms with Gasteiger partial charge in [-0.05, 0) is 43.9 Å². The maximum atomic E-state index is 12.3. The van der Waals surface area contributed by atoms with Crippen LogP contribution in [0.4, 0.5) is 11.4 Å². The molecule has 2 amide bonds. The molecule has 1 aromatic rings. The Labute approximate surface area is 125 Å². The lowest BCUT2D eigenvalue weighted by molar-refractivity contribution is -0.120. The van der Waals surface area contributed by atoms with Crippen molar-refractivity contribution in [1.82, 2.24) is 0 Å². The van der Waals surface area contributed by atoms with E-state index in [1.165, 1.54) is 0 Å². The first-order valence-corrected chi connectivity index (χ1v) is 7.47. The molecule has 1 aliphatic rings. The van der Waals surface area contributed by atoms with Crippen LogP contribution in [0.25, 0.3) is 0 Å². The van der Waals surface area contributed by atoms with Gasteiger partial charge in [0.2, 0.25) is 11.8 Å². The van der Waals surface area contributed by atoms with E-state index in [1.54, 1.807) is 0 Å². The average Bonchev–Trinajstić information content (AvgIpc) is 2.52. The molecule has 2 rings (SSSR count). The Morgan fingerprint density at radius 2 is 1.90 bits per heavy atom. The molecule has 0 aromatic heterocycles. The number of benzene rings is 1. The highest BCUT2D eigenvalue weighted by Crippen LogP contribution is 2.26. The SMILES string of the molecule is CCC(=O)Nc1cccc(NC(=O)C2CC=CCC2)c1C. The van der Waals surface area contributed by atoms with Gasteiger partial charge in [0, 0.05) is 23.7 Å². The Kier molecular flexibility index (Phi) is 5.14. The molecule has 4 nitrogen and oxygen atoms in total. The van der Waals surface area contributed by atoms with Crippen LogP contribution in [0.2, 0.25) is 0 Å². The second kappa shape index (κ2) is 7.07. The van der Waals surface area contributed by atoms with Gasteiger partial charge in [0.05, 0.1) is 0 Å². The number of rotatable bonds is 4. The molecule has 0 bridgehead atoms. The van der Waals surface area contributed by atoms with Gasteiger partial charge in [-0.15, -0.1) is 0 Å². The summed E-state index contributed by atoms with van der Waals surface area (Å²) in [5.41, 5.74) is 2.41. The normalized spacial score (nSPS) is 17.3. The smallest absolute Gasteiger partial charge is 0.227 e. The Bertz CT molecular complexity index is 564. The fourth-order valence-electron chi connectivity index (χ4n) is 2.41. The van der Waals surface area contributed by atoms with Crippen LogP contribution in [0.5, 0.6) is 0 Å².